The molecule has 0 unspecified atom stereocenters. The van der Waals surface area contributed by atoms with Gasteiger partial charge in [-0.1, -0.05) is 218 Å². The summed E-state index contributed by atoms with van der Waals surface area (Å²) in [4.78, 5) is 34.8. The molecule has 0 atom stereocenters. The summed E-state index contributed by atoms with van der Waals surface area (Å²) in [5, 5.41) is 0. The predicted octanol–water partition coefficient (Wildman–Crippen LogP) is 11.9. The van der Waals surface area contributed by atoms with Crippen molar-refractivity contribution in [1.82, 2.24) is 0 Å². The fourth-order valence-electron chi connectivity index (χ4n) is 4.62. The quantitative estimate of drug-likeness (QED) is 0.117. The van der Waals surface area contributed by atoms with Gasteiger partial charge >= 0.3 is 0 Å². The predicted molar refractivity (Wildman–Crippen MR) is 228 cm³/mol. The Morgan fingerprint density at radius 2 is 0.364 bits per heavy atom. The zero-order valence-electron chi connectivity index (χ0n) is 30.3. The molecule has 0 aliphatic rings. The van der Waals surface area contributed by atoms with Crippen molar-refractivity contribution in [1.29, 1.82) is 0 Å². The molecule has 0 spiro atoms. The molecule has 0 fully saturated rings. The van der Waals surface area contributed by atoms with Gasteiger partial charge in [0.25, 0.3) is 0 Å². The summed E-state index contributed by atoms with van der Waals surface area (Å²) in [6.07, 6.45) is 20.4. The molecule has 0 radical (unpaired) electrons. The van der Waals surface area contributed by atoms with Gasteiger partial charge in [0.05, 0.1) is 0 Å². The number of hydrogen-bond donors (Lipinski definition) is 0. The van der Waals surface area contributed by atoms with Crippen molar-refractivity contribution in [2.45, 2.75) is 0 Å². The van der Waals surface area contributed by atoms with Gasteiger partial charge < -0.3 is 0 Å². The van der Waals surface area contributed by atoms with Crippen LogP contribution in [0.4, 0.5) is 0 Å². The van der Waals surface area contributed by atoms with Gasteiger partial charge in [0.2, 0.25) is 0 Å². The molecule has 6 aromatic carbocycles. The Morgan fingerprint density at radius 3 is 0.491 bits per heavy atom. The Labute approximate surface area is 355 Å². The zero-order valence-corrected chi connectivity index (χ0v) is 31.0. The first-order valence-corrected chi connectivity index (χ1v) is 17.5. The van der Waals surface area contributed by atoms with Crippen LogP contribution in [0, 0.1) is 37.7 Å². The number of ketones is 3. The molecular formula is C51H42ArO3. The van der Waals surface area contributed by atoms with E-state index >= 15 is 0 Å². The molecule has 0 aromatic heterocycles. The molecule has 0 saturated carbocycles. The SMILES string of the molecule is O=C(C=Cc1ccccc1)C=Cc1ccccc1.O=C(C=Cc1ccccc1)C=Cc1ccccc1.O=C(C=Cc1ccccc1)C=Cc1ccccc1.[Ar]. The van der Waals surface area contributed by atoms with Crippen LogP contribution in [0.15, 0.2) is 218 Å². The number of allylic oxidation sites excluding steroid dienone is 6. The third-order valence-electron chi connectivity index (χ3n) is 7.44. The van der Waals surface area contributed by atoms with Crippen molar-refractivity contribution in [3.8, 4) is 0 Å². The van der Waals surface area contributed by atoms with E-state index in [-0.39, 0.29) is 55.1 Å². The van der Waals surface area contributed by atoms with Crippen molar-refractivity contribution < 1.29 is 52.1 Å². The monoisotopic (exact) mass is 742 g/mol. The Kier molecular flexibility index (Phi) is 21.1. The summed E-state index contributed by atoms with van der Waals surface area (Å²) >= 11 is 0. The molecule has 3 nitrogen and oxygen atoms in total. The summed E-state index contributed by atoms with van der Waals surface area (Å²) in [7, 11) is 0. The second-order valence-corrected chi connectivity index (χ2v) is 11.7. The van der Waals surface area contributed by atoms with E-state index in [9.17, 15) is 14.4 Å². The van der Waals surface area contributed by atoms with Gasteiger partial charge in [-0.05, 0) is 69.8 Å². The number of carbonyl (C=O) groups excluding carboxylic acids is 3. The number of rotatable bonds is 12. The minimum atomic E-state index is -0.0114. The molecule has 0 heterocycles. The molecule has 272 valence electrons. The van der Waals surface area contributed by atoms with Crippen LogP contribution in [0.2, 0.25) is 0 Å². The van der Waals surface area contributed by atoms with Gasteiger partial charge in [-0.15, -0.1) is 0 Å². The summed E-state index contributed by atoms with van der Waals surface area (Å²) in [5.41, 5.74) is 6.16. The molecule has 0 aliphatic carbocycles. The molecule has 0 bridgehead atoms. The van der Waals surface area contributed by atoms with E-state index in [1.807, 2.05) is 218 Å². The van der Waals surface area contributed by atoms with E-state index in [4.69, 9.17) is 0 Å². The minimum Gasteiger partial charge on any atom is -0.290 e. The van der Waals surface area contributed by atoms with E-state index < -0.39 is 0 Å². The Balaban J connectivity index is 0.000000220. The molecule has 4 heteroatoms. The number of hydrogen-bond acceptors (Lipinski definition) is 3. The third-order valence-corrected chi connectivity index (χ3v) is 7.44. The van der Waals surface area contributed by atoms with Crippen molar-refractivity contribution in [2.24, 2.45) is 0 Å². The van der Waals surface area contributed by atoms with Crippen LogP contribution >= 0.6 is 0 Å². The maximum atomic E-state index is 11.6. The van der Waals surface area contributed by atoms with Crippen LogP contribution in [0.5, 0.6) is 0 Å². The van der Waals surface area contributed by atoms with Gasteiger partial charge in [-0.3, -0.25) is 14.4 Å². The first-order chi connectivity index (χ1) is 26.5. The van der Waals surface area contributed by atoms with Gasteiger partial charge in [0.1, 0.15) is 0 Å². The molecule has 0 saturated heterocycles. The summed E-state index contributed by atoms with van der Waals surface area (Å²) in [5.74, 6) is -0.0341. The van der Waals surface area contributed by atoms with Crippen LogP contribution in [0.25, 0.3) is 36.5 Å². The smallest absolute Gasteiger partial charge is 0.178 e. The fraction of sp³-hybridized carbons (Fsp3) is 0. The molecular weight excluding hydrogens is 701 g/mol. The topological polar surface area (TPSA) is 51.2 Å². The fourth-order valence-corrected chi connectivity index (χ4v) is 4.62. The second kappa shape index (κ2) is 26.7. The van der Waals surface area contributed by atoms with Crippen molar-refractivity contribution in [3.05, 3.63) is 252 Å². The largest absolute Gasteiger partial charge is 0.290 e. The third kappa shape index (κ3) is 19.6. The standard InChI is InChI=1S/3C17H14O.Ar/c3*18-17(13-11-15-7-3-1-4-8-15)14-12-16-9-5-2-6-10-16;/h3*1-14H;. The molecule has 55 heavy (non-hydrogen) atoms. The molecule has 0 amide bonds. The molecule has 0 aliphatic heterocycles. The van der Waals surface area contributed by atoms with E-state index in [2.05, 4.69) is 0 Å². The van der Waals surface area contributed by atoms with Crippen LogP contribution < -0.4 is 0 Å². The zero-order chi connectivity index (χ0) is 37.9. The molecule has 6 aromatic rings. The van der Waals surface area contributed by atoms with Crippen LogP contribution in [0.1, 0.15) is 33.4 Å². The van der Waals surface area contributed by atoms with Crippen molar-refractivity contribution in [3.63, 3.8) is 0 Å². The number of benzene rings is 6. The van der Waals surface area contributed by atoms with Gasteiger partial charge in [-0.25, -0.2) is 0 Å². The van der Waals surface area contributed by atoms with Crippen LogP contribution in [0.3, 0.4) is 0 Å². The van der Waals surface area contributed by atoms with Crippen LogP contribution in [-0.2, 0) is 14.4 Å². The van der Waals surface area contributed by atoms with Crippen LogP contribution in [-0.4, -0.2) is 17.3 Å². The average molecular weight is 743 g/mol. The maximum absolute atomic E-state index is 11.6. The van der Waals surface area contributed by atoms with Crippen molar-refractivity contribution >= 4 is 53.8 Å². The summed E-state index contributed by atoms with van der Waals surface area (Å²) in [6, 6.07) is 58.7. The molecule has 0 N–H and O–H groups in total. The summed E-state index contributed by atoms with van der Waals surface area (Å²) in [6.45, 7) is 0. The summed E-state index contributed by atoms with van der Waals surface area (Å²) < 4.78 is 0. The van der Waals surface area contributed by atoms with Gasteiger partial charge in [0.15, 0.2) is 17.3 Å². The number of carbonyl (C=O) groups is 3. The van der Waals surface area contributed by atoms with E-state index in [0.717, 1.165) is 33.4 Å². The van der Waals surface area contributed by atoms with E-state index in [1.54, 1.807) is 36.5 Å². The minimum absolute atomic E-state index is 0. The Bertz CT molecular complexity index is 1760. The normalized spacial score (nSPS) is 10.9. The molecule has 6 rings (SSSR count). The van der Waals surface area contributed by atoms with Gasteiger partial charge in [0, 0.05) is 37.7 Å². The van der Waals surface area contributed by atoms with Crippen molar-refractivity contribution in [2.75, 3.05) is 0 Å². The van der Waals surface area contributed by atoms with E-state index in [0.29, 0.717) is 0 Å². The Hall–Kier alpha value is -5.97. The first-order valence-electron chi connectivity index (χ1n) is 17.5. The second-order valence-electron chi connectivity index (χ2n) is 11.7. The van der Waals surface area contributed by atoms with E-state index in [1.165, 1.54) is 0 Å². The Morgan fingerprint density at radius 1 is 0.236 bits per heavy atom. The average Bonchev–Trinajstić information content (AvgIpc) is 3.24. The first kappa shape index (κ1) is 43.4. The van der Waals surface area contributed by atoms with Gasteiger partial charge in [-0.2, -0.15) is 0 Å². The maximum Gasteiger partial charge on any atom is 0.178 e.